The van der Waals surface area contributed by atoms with E-state index in [1.165, 1.54) is 17.7 Å². The Morgan fingerprint density at radius 2 is 1.91 bits per heavy atom. The summed E-state index contributed by atoms with van der Waals surface area (Å²) >= 11 is 7.93. The summed E-state index contributed by atoms with van der Waals surface area (Å²) in [5, 5.41) is 15.4. The van der Waals surface area contributed by atoms with Crippen LogP contribution in [0.25, 0.3) is 0 Å². The Bertz CT molecular complexity index is 1420. The van der Waals surface area contributed by atoms with Crippen LogP contribution in [0, 0.1) is 5.92 Å². The number of phenols is 1. The summed E-state index contributed by atoms with van der Waals surface area (Å²) in [7, 11) is 1.41. The first-order chi connectivity index (χ1) is 16.8. The van der Waals surface area contributed by atoms with E-state index in [2.05, 4.69) is 10.6 Å². The molecule has 0 aliphatic carbocycles. The Morgan fingerprint density at radius 1 is 1.17 bits per heavy atom. The van der Waals surface area contributed by atoms with E-state index >= 15 is 0 Å². The largest absolute Gasteiger partial charge is 0.504 e. The summed E-state index contributed by atoms with van der Waals surface area (Å²) in [6.45, 7) is -0.265. The van der Waals surface area contributed by atoms with Gasteiger partial charge in [-0.2, -0.15) is 0 Å². The van der Waals surface area contributed by atoms with Crippen molar-refractivity contribution in [1.82, 2.24) is 9.88 Å². The van der Waals surface area contributed by atoms with Gasteiger partial charge in [0.1, 0.15) is 11.8 Å². The summed E-state index contributed by atoms with van der Waals surface area (Å²) in [6.07, 6.45) is 0. The van der Waals surface area contributed by atoms with Crippen molar-refractivity contribution in [2.45, 2.75) is 22.7 Å². The van der Waals surface area contributed by atoms with E-state index in [9.17, 15) is 24.3 Å². The molecule has 3 N–H and O–H groups in total. The second-order valence-corrected chi connectivity index (χ2v) is 10.6. The van der Waals surface area contributed by atoms with Crippen molar-refractivity contribution in [3.8, 4) is 11.5 Å². The van der Waals surface area contributed by atoms with Crippen LogP contribution in [-0.2, 0) is 20.9 Å². The predicted molar refractivity (Wildman–Crippen MR) is 131 cm³/mol. The minimum Gasteiger partial charge on any atom is -0.504 e. The third kappa shape index (κ3) is 4.19. The molecule has 3 amide bonds. The van der Waals surface area contributed by atoms with Gasteiger partial charge < -0.3 is 15.2 Å². The quantitative estimate of drug-likeness (QED) is 0.432. The van der Waals surface area contributed by atoms with Crippen LogP contribution in [-0.4, -0.2) is 39.8 Å². The number of fused-ring (bicyclic) bond motifs is 2. The average molecular weight is 532 g/mol. The maximum Gasteiger partial charge on any atom is 0.308 e. The number of methoxy groups -OCH3 is 1. The Morgan fingerprint density at radius 3 is 2.63 bits per heavy atom. The Balaban J connectivity index is 1.55. The Labute approximate surface area is 212 Å². The SMILES string of the molecule is COc1cc([C@@H]2c3sc(=O)n(CC(=O)Nc4ccc(Cl)cc4)c3SC3C(=O)NC(=O)C32)ccc1O. The number of halogens is 1. The molecule has 1 fully saturated rings. The summed E-state index contributed by atoms with van der Waals surface area (Å²) in [5.74, 6) is -2.54. The topological polar surface area (TPSA) is 127 Å². The molecule has 0 bridgehead atoms. The van der Waals surface area contributed by atoms with Gasteiger partial charge in [-0.25, -0.2) is 0 Å². The highest BCUT2D eigenvalue weighted by atomic mass is 35.5. The Kier molecular flexibility index (Phi) is 6.07. The van der Waals surface area contributed by atoms with Gasteiger partial charge >= 0.3 is 4.87 Å². The molecule has 1 aromatic heterocycles. The zero-order chi connectivity index (χ0) is 24.9. The molecule has 180 valence electrons. The second-order valence-electron chi connectivity index (χ2n) is 8.01. The minimum atomic E-state index is -0.764. The number of hydrogen-bond acceptors (Lipinski definition) is 8. The standard InChI is InChI=1S/C23H18ClN3O6S2/c1-33-14-8-10(2-7-13(14)28)16-17-18(21(31)26-20(17)30)34-22-19(16)35-23(32)27(22)9-15(29)25-12-5-3-11(24)4-6-12/h2-8,16-18,28H,9H2,1H3,(H,25,29)(H,26,30,31)/t16-,17?,18?/m0/s1. The smallest absolute Gasteiger partial charge is 0.308 e. The fourth-order valence-electron chi connectivity index (χ4n) is 4.30. The molecule has 2 aromatic carbocycles. The normalized spacial score (nSPS) is 20.7. The van der Waals surface area contributed by atoms with Gasteiger partial charge in [-0.15, -0.1) is 0 Å². The fourth-order valence-corrected chi connectivity index (χ4v) is 7.17. The number of carbonyl (C=O) groups is 3. The van der Waals surface area contributed by atoms with Crippen LogP contribution < -0.4 is 20.2 Å². The van der Waals surface area contributed by atoms with Gasteiger partial charge in [-0.3, -0.25) is 29.1 Å². The van der Waals surface area contributed by atoms with Gasteiger partial charge in [-0.1, -0.05) is 40.8 Å². The van der Waals surface area contributed by atoms with Crippen molar-refractivity contribution in [3.63, 3.8) is 0 Å². The molecule has 2 aliphatic rings. The molecule has 1 saturated heterocycles. The number of ether oxygens (including phenoxy) is 1. The van der Waals surface area contributed by atoms with E-state index in [-0.39, 0.29) is 22.9 Å². The molecule has 0 spiro atoms. The highest BCUT2D eigenvalue weighted by Gasteiger charge is 2.53. The van der Waals surface area contributed by atoms with Crippen molar-refractivity contribution < 1.29 is 24.2 Å². The molecule has 9 nitrogen and oxygen atoms in total. The van der Waals surface area contributed by atoms with Crippen molar-refractivity contribution in [2.75, 3.05) is 12.4 Å². The highest BCUT2D eigenvalue weighted by Crippen LogP contribution is 2.52. The van der Waals surface area contributed by atoms with E-state index in [1.807, 2.05) is 0 Å². The molecule has 2 unspecified atom stereocenters. The number of aromatic hydroxyl groups is 1. The molecule has 3 heterocycles. The van der Waals surface area contributed by atoms with Crippen molar-refractivity contribution in [1.29, 1.82) is 0 Å². The number of thioether (sulfide) groups is 1. The number of benzene rings is 2. The number of thiazole rings is 1. The van der Waals surface area contributed by atoms with Crippen LogP contribution in [0.5, 0.6) is 11.5 Å². The molecule has 35 heavy (non-hydrogen) atoms. The summed E-state index contributed by atoms with van der Waals surface area (Å²) in [5.41, 5.74) is 1.14. The molecule has 2 aliphatic heterocycles. The van der Waals surface area contributed by atoms with Crippen molar-refractivity contribution in [3.05, 3.63) is 67.6 Å². The zero-order valence-corrected chi connectivity index (χ0v) is 20.5. The van der Waals surface area contributed by atoms with Gasteiger partial charge in [-0.05, 0) is 42.0 Å². The molecule has 3 atom stereocenters. The summed E-state index contributed by atoms with van der Waals surface area (Å²) in [4.78, 5) is 51.3. The number of nitrogens with zero attached hydrogens (tertiary/aromatic N) is 1. The minimum absolute atomic E-state index is 0.0743. The average Bonchev–Trinajstić information content (AvgIpc) is 3.29. The van der Waals surface area contributed by atoms with Crippen LogP contribution in [0.4, 0.5) is 5.69 Å². The molecule has 12 heteroatoms. The van der Waals surface area contributed by atoms with Crippen LogP contribution in [0.1, 0.15) is 16.4 Å². The van der Waals surface area contributed by atoms with E-state index in [0.717, 1.165) is 23.1 Å². The first-order valence-electron chi connectivity index (χ1n) is 10.4. The molecule has 3 aromatic rings. The van der Waals surface area contributed by atoms with Gasteiger partial charge in [0.2, 0.25) is 17.7 Å². The van der Waals surface area contributed by atoms with Crippen LogP contribution in [0.2, 0.25) is 5.02 Å². The first-order valence-corrected chi connectivity index (χ1v) is 12.5. The van der Waals surface area contributed by atoms with Gasteiger partial charge in [0.15, 0.2) is 11.5 Å². The van der Waals surface area contributed by atoms with Crippen LogP contribution in [0.3, 0.4) is 0 Å². The van der Waals surface area contributed by atoms with Crippen molar-refractivity contribution >= 4 is 58.1 Å². The number of nitrogens with one attached hydrogen (secondary N) is 2. The Hall–Kier alpha value is -3.28. The number of anilines is 1. The lowest BCUT2D eigenvalue weighted by atomic mass is 9.83. The van der Waals surface area contributed by atoms with Crippen molar-refractivity contribution in [2.24, 2.45) is 5.92 Å². The lowest BCUT2D eigenvalue weighted by Crippen LogP contribution is -2.32. The maximum absolute atomic E-state index is 13.0. The van der Waals surface area contributed by atoms with Gasteiger partial charge in [0.25, 0.3) is 0 Å². The third-order valence-corrected chi connectivity index (χ3v) is 8.75. The number of carbonyl (C=O) groups excluding carboxylic acids is 3. The predicted octanol–water partition coefficient (Wildman–Crippen LogP) is 2.79. The zero-order valence-electron chi connectivity index (χ0n) is 18.1. The highest BCUT2D eigenvalue weighted by molar-refractivity contribution is 8.00. The maximum atomic E-state index is 13.0. The van der Waals surface area contributed by atoms with Crippen LogP contribution >= 0.6 is 34.7 Å². The molecule has 5 rings (SSSR count). The molecular weight excluding hydrogens is 514 g/mol. The van der Waals surface area contributed by atoms with Gasteiger partial charge in [0, 0.05) is 21.5 Å². The lowest BCUT2D eigenvalue weighted by Gasteiger charge is -2.31. The lowest BCUT2D eigenvalue weighted by molar-refractivity contribution is -0.126. The molecule has 0 radical (unpaired) electrons. The van der Waals surface area contributed by atoms with E-state index in [1.54, 1.807) is 36.4 Å². The second kappa shape index (κ2) is 9.06. The van der Waals surface area contributed by atoms with E-state index in [0.29, 0.717) is 26.2 Å². The van der Waals surface area contributed by atoms with E-state index in [4.69, 9.17) is 16.3 Å². The van der Waals surface area contributed by atoms with Gasteiger partial charge in [0.05, 0.1) is 18.1 Å². The van der Waals surface area contributed by atoms with Crippen LogP contribution in [0.15, 0.2) is 52.3 Å². The third-order valence-electron chi connectivity index (χ3n) is 5.88. The number of hydrogen-bond donors (Lipinski definition) is 3. The summed E-state index contributed by atoms with van der Waals surface area (Å²) < 4.78 is 6.55. The number of phenolic OH excluding ortho intramolecular Hbond substituents is 1. The summed E-state index contributed by atoms with van der Waals surface area (Å²) in [6, 6.07) is 11.2. The first kappa shape index (κ1) is 23.5. The number of rotatable bonds is 5. The number of amides is 3. The van der Waals surface area contributed by atoms with E-state index < -0.39 is 34.8 Å². The number of imide groups is 1. The molecular formula is C23H18ClN3O6S2. The fraction of sp³-hybridized carbons (Fsp3) is 0.217. The monoisotopic (exact) mass is 531 g/mol. The molecule has 0 saturated carbocycles. The number of aromatic nitrogens is 1.